The smallest absolute Gasteiger partial charge is 0.326 e. The summed E-state index contributed by atoms with van der Waals surface area (Å²) in [7, 11) is 0. The second kappa shape index (κ2) is 7.66. The lowest BCUT2D eigenvalue weighted by atomic mass is 10.2. The van der Waals surface area contributed by atoms with E-state index in [9.17, 15) is 19.8 Å². The summed E-state index contributed by atoms with van der Waals surface area (Å²) in [4.78, 5) is 38.4. The van der Waals surface area contributed by atoms with Gasteiger partial charge in [-0.15, -0.1) is 0 Å². The zero-order valence-corrected chi connectivity index (χ0v) is 17.6. The quantitative estimate of drug-likeness (QED) is 0.769. The first-order valence-electron chi connectivity index (χ1n) is 10.4. The summed E-state index contributed by atoms with van der Waals surface area (Å²) in [5.74, 6) is 0.221. The Hall–Kier alpha value is -3.04. The van der Waals surface area contributed by atoms with Gasteiger partial charge in [-0.05, 0) is 26.7 Å². The van der Waals surface area contributed by atoms with E-state index in [4.69, 9.17) is 4.98 Å². The summed E-state index contributed by atoms with van der Waals surface area (Å²) in [5.41, 5.74) is 0.425. The lowest BCUT2D eigenvalue weighted by Gasteiger charge is -2.34. The van der Waals surface area contributed by atoms with Gasteiger partial charge >= 0.3 is 5.97 Å². The minimum atomic E-state index is -0.872. The number of hydrogen-bond acceptors (Lipinski definition) is 7. The number of nitrogens with zero attached hydrogens (tertiary/aromatic N) is 6. The van der Waals surface area contributed by atoms with E-state index < -0.39 is 12.0 Å². The molecule has 0 saturated carbocycles. The first-order valence-corrected chi connectivity index (χ1v) is 10.4. The molecule has 4 rings (SSSR count). The molecule has 2 aliphatic rings. The molecule has 2 aromatic rings. The minimum absolute atomic E-state index is 0.0171. The van der Waals surface area contributed by atoms with Gasteiger partial charge in [-0.1, -0.05) is 0 Å². The molecule has 1 amide bonds. The molecule has 0 radical (unpaired) electrons. The van der Waals surface area contributed by atoms with E-state index in [0.717, 1.165) is 6.42 Å². The number of aromatic nitrogens is 3. The minimum Gasteiger partial charge on any atom is -0.493 e. The zero-order valence-electron chi connectivity index (χ0n) is 17.6. The summed E-state index contributed by atoms with van der Waals surface area (Å²) >= 11 is 0. The van der Waals surface area contributed by atoms with E-state index in [1.807, 2.05) is 23.6 Å². The maximum Gasteiger partial charge on any atom is 0.326 e. The summed E-state index contributed by atoms with van der Waals surface area (Å²) in [6, 6.07) is -0.626. The maximum atomic E-state index is 11.8. The van der Waals surface area contributed by atoms with Crippen molar-refractivity contribution in [2.24, 2.45) is 0 Å². The summed E-state index contributed by atoms with van der Waals surface area (Å²) in [6.45, 7) is 8.39. The van der Waals surface area contributed by atoms with Gasteiger partial charge in [-0.25, -0.2) is 9.78 Å². The van der Waals surface area contributed by atoms with Crippen LogP contribution in [-0.2, 0) is 9.59 Å². The predicted octanol–water partition coefficient (Wildman–Crippen LogP) is 1.44. The highest BCUT2D eigenvalue weighted by atomic mass is 16.4. The molecule has 30 heavy (non-hydrogen) atoms. The predicted molar refractivity (Wildman–Crippen MR) is 112 cm³/mol. The van der Waals surface area contributed by atoms with Gasteiger partial charge in [-0.2, -0.15) is 4.98 Å². The number of carboxylic acid groups (broad SMARTS) is 1. The van der Waals surface area contributed by atoms with Crippen molar-refractivity contribution in [2.75, 3.05) is 42.5 Å². The molecule has 0 aromatic carbocycles. The number of rotatable bonds is 4. The standard InChI is InChI=1S/C20H28N6O4/c1-12(2)26-11-14-16(18(26)28)21-20(24-9-7-23(8-10-24)13(3)27)22-17(14)25-6-4-5-15(25)19(29)30/h11-12,15,28H,4-10H2,1-3H3,(H,29,30)/t15-/m1/s1. The van der Waals surface area contributed by atoms with Crippen LogP contribution in [0.15, 0.2) is 6.20 Å². The number of hydrogen-bond donors (Lipinski definition) is 2. The molecule has 0 unspecified atom stereocenters. The fraction of sp³-hybridized carbons (Fsp3) is 0.600. The number of aromatic hydroxyl groups is 1. The largest absolute Gasteiger partial charge is 0.493 e. The van der Waals surface area contributed by atoms with Crippen LogP contribution < -0.4 is 9.80 Å². The number of carboxylic acids is 1. The number of carbonyl (C=O) groups is 2. The van der Waals surface area contributed by atoms with E-state index in [0.29, 0.717) is 61.8 Å². The van der Waals surface area contributed by atoms with Crippen molar-refractivity contribution in [1.82, 2.24) is 19.4 Å². The molecular weight excluding hydrogens is 388 g/mol. The third-order valence-electron chi connectivity index (χ3n) is 6.01. The molecule has 162 valence electrons. The van der Waals surface area contributed by atoms with Crippen molar-refractivity contribution in [1.29, 1.82) is 0 Å². The SMILES string of the molecule is CC(=O)N1CCN(c2nc(N3CCC[C@@H]3C(=O)O)c3cn(C(C)C)c(O)c3n2)CC1. The molecule has 2 aromatic heterocycles. The molecule has 0 aliphatic carbocycles. The van der Waals surface area contributed by atoms with Gasteiger partial charge in [0.2, 0.25) is 17.7 Å². The van der Waals surface area contributed by atoms with E-state index in [-0.39, 0.29) is 17.8 Å². The van der Waals surface area contributed by atoms with Gasteiger partial charge in [0.15, 0.2) is 0 Å². The number of fused-ring (bicyclic) bond motifs is 1. The van der Waals surface area contributed by atoms with Gasteiger partial charge in [0.25, 0.3) is 0 Å². The van der Waals surface area contributed by atoms with Crippen molar-refractivity contribution in [2.45, 2.75) is 45.7 Å². The summed E-state index contributed by atoms with van der Waals surface area (Å²) < 4.78 is 1.73. The highest BCUT2D eigenvalue weighted by Crippen LogP contribution is 2.38. The first-order chi connectivity index (χ1) is 14.3. The molecule has 10 nitrogen and oxygen atoms in total. The van der Waals surface area contributed by atoms with E-state index in [2.05, 4.69) is 4.98 Å². The van der Waals surface area contributed by atoms with Gasteiger partial charge in [-0.3, -0.25) is 4.79 Å². The number of amides is 1. The molecule has 2 fully saturated rings. The molecule has 0 spiro atoms. The lowest BCUT2D eigenvalue weighted by molar-refractivity contribution is -0.138. The highest BCUT2D eigenvalue weighted by molar-refractivity contribution is 5.96. The van der Waals surface area contributed by atoms with Crippen molar-refractivity contribution >= 4 is 34.5 Å². The Balaban J connectivity index is 1.80. The third kappa shape index (κ3) is 3.40. The van der Waals surface area contributed by atoms with Gasteiger partial charge in [0.05, 0.1) is 5.39 Å². The number of anilines is 2. The summed E-state index contributed by atoms with van der Waals surface area (Å²) in [5, 5.41) is 21.1. The van der Waals surface area contributed by atoms with Crippen LogP contribution in [0.4, 0.5) is 11.8 Å². The molecule has 10 heteroatoms. The number of aliphatic carboxylic acids is 1. The molecule has 2 aliphatic heterocycles. The van der Waals surface area contributed by atoms with Crippen LogP contribution in [0.1, 0.15) is 39.7 Å². The van der Waals surface area contributed by atoms with E-state index in [1.54, 1.807) is 22.6 Å². The molecule has 2 saturated heterocycles. The van der Waals surface area contributed by atoms with Gasteiger partial charge < -0.3 is 29.5 Å². The van der Waals surface area contributed by atoms with Crippen LogP contribution in [-0.4, -0.2) is 80.3 Å². The Morgan fingerprint density at radius 2 is 1.83 bits per heavy atom. The van der Waals surface area contributed by atoms with Crippen LogP contribution in [0, 0.1) is 0 Å². The third-order valence-corrected chi connectivity index (χ3v) is 6.01. The Kier molecular flexibility index (Phi) is 5.17. The van der Waals surface area contributed by atoms with Crippen LogP contribution in [0.3, 0.4) is 0 Å². The fourth-order valence-corrected chi connectivity index (χ4v) is 4.31. The Bertz CT molecular complexity index is 979. The van der Waals surface area contributed by atoms with Crippen molar-refractivity contribution in [3.05, 3.63) is 6.20 Å². The van der Waals surface area contributed by atoms with Crippen LogP contribution >= 0.6 is 0 Å². The van der Waals surface area contributed by atoms with Gasteiger partial charge in [0.1, 0.15) is 17.4 Å². The van der Waals surface area contributed by atoms with Crippen LogP contribution in [0.2, 0.25) is 0 Å². The average Bonchev–Trinajstić information content (AvgIpc) is 3.33. The topological polar surface area (TPSA) is 115 Å². The Morgan fingerprint density at radius 3 is 2.43 bits per heavy atom. The lowest BCUT2D eigenvalue weighted by Crippen LogP contribution is -2.48. The molecule has 0 bridgehead atoms. The normalized spacial score (nSPS) is 19.9. The fourth-order valence-electron chi connectivity index (χ4n) is 4.31. The molecule has 2 N–H and O–H groups in total. The molecular formula is C20H28N6O4. The second-order valence-corrected chi connectivity index (χ2v) is 8.25. The van der Waals surface area contributed by atoms with Gasteiger partial charge in [0, 0.05) is 51.9 Å². The van der Waals surface area contributed by atoms with Crippen LogP contribution in [0.25, 0.3) is 10.9 Å². The number of carbonyl (C=O) groups excluding carboxylic acids is 1. The summed E-state index contributed by atoms with van der Waals surface area (Å²) in [6.07, 6.45) is 3.13. The zero-order chi connectivity index (χ0) is 21.6. The maximum absolute atomic E-state index is 11.8. The van der Waals surface area contributed by atoms with E-state index >= 15 is 0 Å². The Labute approximate surface area is 174 Å². The van der Waals surface area contributed by atoms with Crippen molar-refractivity contribution < 1.29 is 19.8 Å². The van der Waals surface area contributed by atoms with Crippen LogP contribution in [0.5, 0.6) is 5.88 Å². The van der Waals surface area contributed by atoms with Crippen molar-refractivity contribution in [3.63, 3.8) is 0 Å². The highest BCUT2D eigenvalue weighted by Gasteiger charge is 2.34. The number of piperazine rings is 1. The average molecular weight is 416 g/mol. The Morgan fingerprint density at radius 1 is 1.13 bits per heavy atom. The second-order valence-electron chi connectivity index (χ2n) is 8.25. The molecule has 1 atom stereocenters. The van der Waals surface area contributed by atoms with E-state index in [1.165, 1.54) is 0 Å². The van der Waals surface area contributed by atoms with Crippen molar-refractivity contribution in [3.8, 4) is 5.88 Å². The monoisotopic (exact) mass is 416 g/mol. The molecule has 4 heterocycles. The first kappa shape index (κ1) is 20.2.